The highest BCUT2D eigenvalue weighted by atomic mass is 16.5. The van der Waals surface area contributed by atoms with Crippen LogP contribution in [-0.2, 0) is 29.0 Å². The van der Waals surface area contributed by atoms with E-state index in [0.717, 1.165) is 24.1 Å². The van der Waals surface area contributed by atoms with E-state index in [1.165, 1.54) is 18.7 Å². The molecule has 0 saturated carbocycles. The molecule has 1 aromatic heterocycles. The Hall–Kier alpha value is -4.24. The van der Waals surface area contributed by atoms with Gasteiger partial charge in [-0.15, -0.1) is 0 Å². The summed E-state index contributed by atoms with van der Waals surface area (Å²) in [6.45, 7) is 7.78. The third kappa shape index (κ3) is 6.66. The normalized spacial score (nSPS) is 13.7. The number of aromatic hydroxyl groups is 1. The van der Waals surface area contributed by atoms with Crippen molar-refractivity contribution in [2.45, 2.75) is 38.8 Å². The van der Waals surface area contributed by atoms with Gasteiger partial charge < -0.3 is 28.5 Å². The van der Waals surface area contributed by atoms with Crippen molar-refractivity contribution in [2.75, 3.05) is 34.5 Å². The number of methoxy groups -OCH3 is 3. The monoisotopic (exact) mass is 549 g/mol. The number of fused-ring (bicyclic) bond motifs is 1. The van der Waals surface area contributed by atoms with E-state index < -0.39 is 23.1 Å². The number of hydrogen-bond donors (Lipinski definition) is 1. The molecule has 4 rings (SSSR count). The second kappa shape index (κ2) is 12.7. The molecule has 0 fully saturated rings. The predicted octanol–water partition coefficient (Wildman–Crippen LogP) is 4.57. The zero-order valence-corrected chi connectivity index (χ0v) is 23.3. The second-order valence-corrected chi connectivity index (χ2v) is 9.87. The molecule has 3 aromatic rings. The standard InChI is InChI=1S/C31H35NO8/c1-19(2)18-39-23-8-6-20(7-9-23)25(15-29(34)38-5)31-30(35)26(33)14-24(40-31)17-32-11-10-21-12-27(36-3)28(37-4)13-22(21)16-32/h6-9,12-14,25,35H,1,10-11,15-18H2,2-5H3/t25-/m0/s1. The van der Waals surface area contributed by atoms with Crippen LogP contribution in [0.2, 0.25) is 0 Å². The molecule has 212 valence electrons. The zero-order chi connectivity index (χ0) is 28.8. The van der Waals surface area contributed by atoms with Crippen LogP contribution in [0.15, 0.2) is 63.8 Å². The highest BCUT2D eigenvalue weighted by Gasteiger charge is 2.28. The fourth-order valence-electron chi connectivity index (χ4n) is 4.78. The van der Waals surface area contributed by atoms with Crippen molar-refractivity contribution < 1.29 is 33.3 Å². The minimum atomic E-state index is -0.742. The molecular formula is C31H35NO8. The lowest BCUT2D eigenvalue weighted by atomic mass is 9.92. The van der Waals surface area contributed by atoms with Crippen LogP contribution in [0.1, 0.15) is 47.5 Å². The maximum atomic E-state index is 12.8. The predicted molar refractivity (Wildman–Crippen MR) is 149 cm³/mol. The minimum Gasteiger partial charge on any atom is -0.502 e. The Kier molecular flexibility index (Phi) is 9.16. The SMILES string of the molecule is C=C(C)COc1ccc([C@H](CC(=O)OC)c2oc(CN3CCc4cc(OC)c(OC)cc4C3)cc(=O)c2O)cc1. The van der Waals surface area contributed by atoms with Crippen molar-refractivity contribution in [3.63, 3.8) is 0 Å². The van der Waals surface area contributed by atoms with E-state index in [0.29, 0.717) is 48.3 Å². The smallest absolute Gasteiger partial charge is 0.306 e. The Morgan fingerprint density at radius 1 is 1.07 bits per heavy atom. The van der Waals surface area contributed by atoms with Crippen LogP contribution in [0.25, 0.3) is 0 Å². The number of hydrogen-bond acceptors (Lipinski definition) is 9. The van der Waals surface area contributed by atoms with Crippen molar-refractivity contribution in [3.05, 3.63) is 93.1 Å². The van der Waals surface area contributed by atoms with Gasteiger partial charge in [0, 0.05) is 19.2 Å². The third-order valence-electron chi connectivity index (χ3n) is 6.86. The molecule has 9 nitrogen and oxygen atoms in total. The molecule has 0 saturated heterocycles. The first-order chi connectivity index (χ1) is 19.2. The van der Waals surface area contributed by atoms with Crippen molar-refractivity contribution >= 4 is 5.97 Å². The Morgan fingerprint density at radius 2 is 1.75 bits per heavy atom. The van der Waals surface area contributed by atoms with Gasteiger partial charge in [0.15, 0.2) is 17.3 Å². The molecule has 1 atom stereocenters. The largest absolute Gasteiger partial charge is 0.502 e. The molecule has 0 amide bonds. The quantitative estimate of drug-likeness (QED) is 0.272. The Balaban J connectivity index is 1.62. The highest BCUT2D eigenvalue weighted by molar-refractivity contribution is 5.71. The first kappa shape index (κ1) is 28.8. The van der Waals surface area contributed by atoms with E-state index in [4.69, 9.17) is 23.4 Å². The summed E-state index contributed by atoms with van der Waals surface area (Å²) in [6, 6.07) is 12.3. The minimum absolute atomic E-state index is 0.0207. The van der Waals surface area contributed by atoms with Gasteiger partial charge in [-0.25, -0.2) is 0 Å². The van der Waals surface area contributed by atoms with Crippen molar-refractivity contribution in [1.29, 1.82) is 0 Å². The Bertz CT molecular complexity index is 1430. The van der Waals surface area contributed by atoms with Gasteiger partial charge in [-0.2, -0.15) is 0 Å². The summed E-state index contributed by atoms with van der Waals surface area (Å²) in [5, 5.41) is 10.8. The number of carbonyl (C=O) groups excluding carboxylic acids is 1. The molecule has 2 heterocycles. The van der Waals surface area contributed by atoms with Gasteiger partial charge in [0.1, 0.15) is 18.1 Å². The van der Waals surface area contributed by atoms with E-state index in [9.17, 15) is 14.7 Å². The van der Waals surface area contributed by atoms with Crippen LogP contribution in [0.3, 0.4) is 0 Å². The maximum absolute atomic E-state index is 12.8. The van der Waals surface area contributed by atoms with E-state index in [-0.39, 0.29) is 12.2 Å². The van der Waals surface area contributed by atoms with Gasteiger partial charge in [0.25, 0.3) is 0 Å². The van der Waals surface area contributed by atoms with Crippen LogP contribution >= 0.6 is 0 Å². The van der Waals surface area contributed by atoms with Crippen LogP contribution in [0, 0.1) is 0 Å². The van der Waals surface area contributed by atoms with Gasteiger partial charge in [-0.3, -0.25) is 14.5 Å². The first-order valence-corrected chi connectivity index (χ1v) is 13.0. The van der Waals surface area contributed by atoms with Crippen molar-refractivity contribution in [1.82, 2.24) is 4.90 Å². The van der Waals surface area contributed by atoms with E-state index in [1.807, 2.05) is 19.1 Å². The van der Waals surface area contributed by atoms with Crippen molar-refractivity contribution in [2.24, 2.45) is 0 Å². The fraction of sp³-hybridized carbons (Fsp3) is 0.355. The van der Waals surface area contributed by atoms with Gasteiger partial charge in [-0.05, 0) is 59.9 Å². The summed E-state index contributed by atoms with van der Waals surface area (Å²) in [4.78, 5) is 27.3. The number of nitrogens with zero attached hydrogens (tertiary/aromatic N) is 1. The topological polar surface area (TPSA) is 108 Å². The Labute approximate surface area is 233 Å². The molecule has 0 radical (unpaired) electrons. The highest BCUT2D eigenvalue weighted by Crippen LogP contribution is 2.36. The number of carbonyl (C=O) groups is 1. The molecule has 1 aliphatic heterocycles. The van der Waals surface area contributed by atoms with Crippen LogP contribution in [0.5, 0.6) is 23.0 Å². The molecule has 0 spiro atoms. The molecule has 0 bridgehead atoms. The number of benzene rings is 2. The van der Waals surface area contributed by atoms with Crippen molar-refractivity contribution in [3.8, 4) is 23.0 Å². The lowest BCUT2D eigenvalue weighted by Crippen LogP contribution is -2.30. The first-order valence-electron chi connectivity index (χ1n) is 13.0. The molecule has 1 aliphatic rings. The van der Waals surface area contributed by atoms with E-state index in [2.05, 4.69) is 11.5 Å². The Morgan fingerprint density at radius 3 is 2.38 bits per heavy atom. The van der Waals surface area contributed by atoms with E-state index in [1.54, 1.807) is 38.5 Å². The number of ether oxygens (including phenoxy) is 4. The summed E-state index contributed by atoms with van der Waals surface area (Å²) in [5.74, 6) is 0.611. The summed E-state index contributed by atoms with van der Waals surface area (Å²) in [7, 11) is 4.51. The van der Waals surface area contributed by atoms with Gasteiger partial charge in [-0.1, -0.05) is 18.7 Å². The van der Waals surface area contributed by atoms with Gasteiger partial charge in [0.2, 0.25) is 11.2 Å². The third-order valence-corrected chi connectivity index (χ3v) is 6.86. The summed E-state index contributed by atoms with van der Waals surface area (Å²) in [5.41, 5.74) is 3.25. The summed E-state index contributed by atoms with van der Waals surface area (Å²) < 4.78 is 27.6. The summed E-state index contributed by atoms with van der Waals surface area (Å²) >= 11 is 0. The average Bonchev–Trinajstić information content (AvgIpc) is 2.96. The molecular weight excluding hydrogens is 514 g/mol. The maximum Gasteiger partial charge on any atom is 0.306 e. The molecule has 0 unspecified atom stereocenters. The van der Waals surface area contributed by atoms with Crippen LogP contribution < -0.4 is 19.6 Å². The lowest BCUT2D eigenvalue weighted by molar-refractivity contribution is -0.140. The molecule has 40 heavy (non-hydrogen) atoms. The van der Waals surface area contributed by atoms with Crippen LogP contribution in [0.4, 0.5) is 0 Å². The number of rotatable bonds is 11. The summed E-state index contributed by atoms with van der Waals surface area (Å²) in [6.07, 6.45) is 0.663. The fourth-order valence-corrected chi connectivity index (χ4v) is 4.78. The van der Waals surface area contributed by atoms with Crippen LogP contribution in [-0.4, -0.2) is 50.5 Å². The lowest BCUT2D eigenvalue weighted by Gasteiger charge is -2.29. The molecule has 1 N–H and O–H groups in total. The van der Waals surface area contributed by atoms with Gasteiger partial charge in [0.05, 0.1) is 40.2 Å². The molecule has 9 heteroatoms. The second-order valence-electron chi connectivity index (χ2n) is 9.87. The molecule has 2 aromatic carbocycles. The van der Waals surface area contributed by atoms with E-state index >= 15 is 0 Å². The molecule has 0 aliphatic carbocycles. The average molecular weight is 550 g/mol. The zero-order valence-electron chi connectivity index (χ0n) is 23.3. The number of esters is 1. The van der Waals surface area contributed by atoms with Gasteiger partial charge >= 0.3 is 5.97 Å².